The van der Waals surface area contributed by atoms with Gasteiger partial charge in [0, 0.05) is 19.2 Å². The first-order valence-electron chi connectivity index (χ1n) is 8.72. The van der Waals surface area contributed by atoms with Crippen molar-refractivity contribution in [1.29, 1.82) is 0 Å². The van der Waals surface area contributed by atoms with Crippen molar-refractivity contribution in [1.82, 2.24) is 5.32 Å². The van der Waals surface area contributed by atoms with Crippen molar-refractivity contribution in [3.05, 3.63) is 59.2 Å². The van der Waals surface area contributed by atoms with Crippen molar-refractivity contribution in [2.75, 3.05) is 17.9 Å². The van der Waals surface area contributed by atoms with Crippen molar-refractivity contribution in [2.24, 2.45) is 0 Å². The first-order valence-corrected chi connectivity index (χ1v) is 10.2. The fourth-order valence-electron chi connectivity index (χ4n) is 2.63. The van der Waals surface area contributed by atoms with Crippen LogP contribution in [-0.4, -0.2) is 27.9 Å². The van der Waals surface area contributed by atoms with Gasteiger partial charge in [-0.25, -0.2) is 8.42 Å². The lowest BCUT2D eigenvalue weighted by molar-refractivity contribution is 0.0953. The second-order valence-electron chi connectivity index (χ2n) is 6.40. The number of aryl methyl sites for hydroxylation is 2. The van der Waals surface area contributed by atoms with Crippen LogP contribution in [0.4, 0.5) is 5.69 Å². The molecule has 0 saturated heterocycles. The Bertz CT molecular complexity index is 874. The van der Waals surface area contributed by atoms with E-state index in [0.717, 1.165) is 24.0 Å². The molecule has 0 aliphatic heterocycles. The van der Waals surface area contributed by atoms with Crippen LogP contribution >= 0.6 is 0 Å². The largest absolute Gasteiger partial charge is 0.352 e. The predicted molar refractivity (Wildman–Crippen MR) is 105 cm³/mol. The Morgan fingerprint density at radius 3 is 2.31 bits per heavy atom. The van der Waals surface area contributed by atoms with Crippen molar-refractivity contribution in [2.45, 2.75) is 38.5 Å². The number of anilines is 1. The van der Waals surface area contributed by atoms with Gasteiger partial charge in [-0.1, -0.05) is 31.0 Å². The number of nitrogens with zero attached hydrogens (tertiary/aromatic N) is 1. The van der Waals surface area contributed by atoms with Crippen molar-refractivity contribution < 1.29 is 13.2 Å². The summed E-state index contributed by atoms with van der Waals surface area (Å²) in [5, 5.41) is 2.87. The molecule has 1 amide bonds. The van der Waals surface area contributed by atoms with Crippen molar-refractivity contribution in [3.63, 3.8) is 0 Å². The highest BCUT2D eigenvalue weighted by Gasteiger charge is 2.22. The van der Waals surface area contributed by atoms with Gasteiger partial charge in [-0.05, 0) is 56.2 Å². The number of rotatable bonds is 7. The molecule has 6 heteroatoms. The molecule has 26 heavy (non-hydrogen) atoms. The van der Waals surface area contributed by atoms with Gasteiger partial charge in [0.25, 0.3) is 15.9 Å². The Morgan fingerprint density at radius 2 is 1.73 bits per heavy atom. The molecule has 0 aromatic heterocycles. The van der Waals surface area contributed by atoms with Crippen LogP contribution in [0.5, 0.6) is 0 Å². The molecule has 1 N–H and O–H groups in total. The Kier molecular flexibility index (Phi) is 6.42. The summed E-state index contributed by atoms with van der Waals surface area (Å²) in [5.74, 6) is -0.142. The van der Waals surface area contributed by atoms with Gasteiger partial charge in [0.2, 0.25) is 0 Å². The SMILES string of the molecule is CCCCNC(=O)c1ccc(N(C)S(=O)(=O)c2ccc(C)cc2)c(C)c1. The molecule has 2 aromatic carbocycles. The number of nitrogens with one attached hydrogen (secondary N) is 1. The molecular formula is C20H26N2O3S. The first-order chi connectivity index (χ1) is 12.3. The van der Waals surface area contributed by atoms with E-state index in [4.69, 9.17) is 0 Å². The van der Waals surface area contributed by atoms with E-state index >= 15 is 0 Å². The standard InChI is InChI=1S/C20H26N2O3S/c1-5-6-13-21-20(23)17-9-12-19(16(3)14-17)22(4)26(24,25)18-10-7-15(2)8-11-18/h7-12,14H,5-6,13H2,1-4H3,(H,21,23). The van der Waals surface area contributed by atoms with Crippen LogP contribution in [0.1, 0.15) is 41.3 Å². The number of unbranched alkanes of at least 4 members (excludes halogenated alkanes) is 1. The van der Waals surface area contributed by atoms with Crippen molar-refractivity contribution >= 4 is 21.6 Å². The quantitative estimate of drug-likeness (QED) is 0.752. The third-order valence-corrected chi connectivity index (χ3v) is 6.08. The zero-order chi connectivity index (χ0) is 19.3. The third kappa shape index (κ3) is 4.43. The van der Waals surface area contributed by atoms with Gasteiger partial charge in [0.1, 0.15) is 0 Å². The molecule has 0 bridgehead atoms. The molecule has 2 rings (SSSR count). The second-order valence-corrected chi connectivity index (χ2v) is 8.37. The number of hydrogen-bond donors (Lipinski definition) is 1. The average molecular weight is 375 g/mol. The van der Waals surface area contributed by atoms with Gasteiger partial charge in [-0.2, -0.15) is 0 Å². The lowest BCUT2D eigenvalue weighted by atomic mass is 10.1. The van der Waals surface area contributed by atoms with E-state index < -0.39 is 10.0 Å². The minimum absolute atomic E-state index is 0.142. The lowest BCUT2D eigenvalue weighted by Gasteiger charge is -2.22. The Morgan fingerprint density at radius 1 is 1.08 bits per heavy atom. The van der Waals surface area contributed by atoms with E-state index in [2.05, 4.69) is 12.2 Å². The second kappa shape index (κ2) is 8.36. The first kappa shape index (κ1) is 20.0. The van der Waals surface area contributed by atoms with Crippen LogP contribution in [-0.2, 0) is 10.0 Å². The maximum atomic E-state index is 12.8. The maximum absolute atomic E-state index is 12.8. The zero-order valence-corrected chi connectivity index (χ0v) is 16.6. The van der Waals surface area contributed by atoms with Crippen molar-refractivity contribution in [3.8, 4) is 0 Å². The van der Waals surface area contributed by atoms with Crippen LogP contribution in [0.2, 0.25) is 0 Å². The van der Waals surface area contributed by atoms with Crippen LogP contribution < -0.4 is 9.62 Å². The molecule has 0 radical (unpaired) electrons. The van der Waals surface area contributed by atoms with Crippen LogP contribution in [0.15, 0.2) is 47.4 Å². The molecule has 0 aliphatic carbocycles. The summed E-state index contributed by atoms with van der Waals surface area (Å²) in [6, 6.07) is 11.8. The normalized spacial score (nSPS) is 11.2. The summed E-state index contributed by atoms with van der Waals surface area (Å²) in [4.78, 5) is 12.4. The number of carbonyl (C=O) groups excluding carboxylic acids is 1. The number of benzene rings is 2. The molecule has 0 spiro atoms. The number of sulfonamides is 1. The van der Waals surface area contributed by atoms with Gasteiger partial charge in [-0.15, -0.1) is 0 Å². The topological polar surface area (TPSA) is 66.5 Å². The molecule has 0 heterocycles. The molecule has 0 aliphatic rings. The average Bonchev–Trinajstić information content (AvgIpc) is 2.61. The molecular weight excluding hydrogens is 348 g/mol. The fraction of sp³-hybridized carbons (Fsp3) is 0.350. The van der Waals surface area contributed by atoms with Crippen LogP contribution in [0, 0.1) is 13.8 Å². The number of hydrogen-bond acceptors (Lipinski definition) is 3. The summed E-state index contributed by atoms with van der Waals surface area (Å²) in [6.07, 6.45) is 1.94. The van der Waals surface area contributed by atoms with Crippen LogP contribution in [0.3, 0.4) is 0 Å². The maximum Gasteiger partial charge on any atom is 0.264 e. The molecule has 5 nitrogen and oxygen atoms in total. The molecule has 0 fully saturated rings. The van der Waals surface area contributed by atoms with E-state index in [0.29, 0.717) is 17.8 Å². The molecule has 0 unspecified atom stereocenters. The fourth-order valence-corrected chi connectivity index (χ4v) is 3.89. The van der Waals surface area contributed by atoms with Gasteiger partial charge in [0.05, 0.1) is 10.6 Å². The van der Waals surface area contributed by atoms with E-state index in [1.54, 1.807) is 49.4 Å². The molecule has 140 valence electrons. The summed E-state index contributed by atoms with van der Waals surface area (Å²) in [6.45, 7) is 6.42. The highest BCUT2D eigenvalue weighted by molar-refractivity contribution is 7.92. The predicted octanol–water partition coefficient (Wildman–Crippen LogP) is 3.66. The van der Waals surface area contributed by atoms with Gasteiger partial charge >= 0.3 is 0 Å². The summed E-state index contributed by atoms with van der Waals surface area (Å²) < 4.78 is 26.9. The summed E-state index contributed by atoms with van der Waals surface area (Å²) in [7, 11) is -2.12. The zero-order valence-electron chi connectivity index (χ0n) is 15.7. The monoisotopic (exact) mass is 374 g/mol. The Hall–Kier alpha value is -2.34. The Labute approximate surface area is 156 Å². The van der Waals surface area contributed by atoms with Crippen LogP contribution in [0.25, 0.3) is 0 Å². The number of amides is 1. The van der Waals surface area contributed by atoms with Gasteiger partial charge < -0.3 is 5.32 Å². The van der Waals surface area contributed by atoms with Gasteiger partial charge in [0.15, 0.2) is 0 Å². The van der Waals surface area contributed by atoms with E-state index in [9.17, 15) is 13.2 Å². The highest BCUT2D eigenvalue weighted by atomic mass is 32.2. The minimum atomic E-state index is -3.65. The molecule has 0 saturated carbocycles. The summed E-state index contributed by atoms with van der Waals surface area (Å²) >= 11 is 0. The van der Waals surface area contributed by atoms with E-state index in [1.807, 2.05) is 6.92 Å². The molecule has 2 aromatic rings. The van der Waals surface area contributed by atoms with Gasteiger partial charge in [-0.3, -0.25) is 9.10 Å². The summed E-state index contributed by atoms with van der Waals surface area (Å²) in [5.41, 5.74) is 2.81. The lowest BCUT2D eigenvalue weighted by Crippen LogP contribution is -2.28. The van der Waals surface area contributed by atoms with E-state index in [1.165, 1.54) is 11.4 Å². The molecule has 0 atom stereocenters. The van der Waals surface area contributed by atoms with E-state index in [-0.39, 0.29) is 10.8 Å². The minimum Gasteiger partial charge on any atom is -0.352 e. The number of carbonyl (C=O) groups is 1. The Balaban J connectivity index is 2.25. The highest BCUT2D eigenvalue weighted by Crippen LogP contribution is 2.26. The smallest absolute Gasteiger partial charge is 0.264 e. The third-order valence-electron chi connectivity index (χ3n) is 4.29.